The second-order valence-corrected chi connectivity index (χ2v) is 5.88. The Balaban J connectivity index is 2.24. The van der Waals surface area contributed by atoms with Crippen molar-refractivity contribution in [2.75, 3.05) is 20.3 Å². The average molecular weight is 363 g/mol. The number of benzene rings is 1. The molecule has 0 radical (unpaired) electrons. The Morgan fingerprint density at radius 3 is 2.80 bits per heavy atom. The summed E-state index contributed by atoms with van der Waals surface area (Å²) in [7, 11) is 1.57. The van der Waals surface area contributed by atoms with Gasteiger partial charge in [0.05, 0.1) is 24.8 Å². The van der Waals surface area contributed by atoms with E-state index in [1.165, 1.54) is 4.90 Å². The first-order valence-corrected chi connectivity index (χ1v) is 7.11. The van der Waals surface area contributed by atoms with Crippen LogP contribution in [0.1, 0.15) is 10.4 Å². The van der Waals surface area contributed by atoms with Gasteiger partial charge < -0.3 is 14.7 Å². The lowest BCUT2D eigenvalue weighted by Gasteiger charge is -2.26. The van der Waals surface area contributed by atoms with Gasteiger partial charge in [0.15, 0.2) is 0 Å². The number of nitrogens with zero attached hydrogens (tertiary/aromatic N) is 1. The van der Waals surface area contributed by atoms with E-state index in [0.29, 0.717) is 15.1 Å². The number of ether oxygens (including phenoxy) is 1. The van der Waals surface area contributed by atoms with E-state index in [-0.39, 0.29) is 19.1 Å². The molecule has 0 bridgehead atoms. The number of carbonyl (C=O) groups excluding carboxylic acids is 1. The van der Waals surface area contributed by atoms with Crippen LogP contribution in [0.15, 0.2) is 22.7 Å². The third-order valence-corrected chi connectivity index (χ3v) is 4.27. The van der Waals surface area contributed by atoms with Crippen molar-refractivity contribution in [1.29, 1.82) is 0 Å². The molecule has 1 N–H and O–H groups in total. The predicted molar refractivity (Wildman–Crippen MR) is 77.0 cm³/mol. The predicted octanol–water partition coefficient (Wildman–Crippen LogP) is 2.27. The van der Waals surface area contributed by atoms with E-state index in [1.807, 2.05) is 0 Å². The molecule has 1 aliphatic heterocycles. The van der Waals surface area contributed by atoms with Crippen molar-refractivity contribution in [2.24, 2.45) is 5.92 Å². The van der Waals surface area contributed by atoms with E-state index in [0.717, 1.165) is 0 Å². The zero-order chi connectivity index (χ0) is 14.9. The zero-order valence-corrected chi connectivity index (χ0v) is 13.0. The summed E-state index contributed by atoms with van der Waals surface area (Å²) in [4.78, 5) is 25.0. The molecule has 5 nitrogen and oxygen atoms in total. The summed E-state index contributed by atoms with van der Waals surface area (Å²) < 4.78 is 5.79. The Morgan fingerprint density at radius 1 is 1.45 bits per heavy atom. The average Bonchev–Trinajstić information content (AvgIpc) is 2.89. The van der Waals surface area contributed by atoms with Gasteiger partial charge in [-0.15, -0.1) is 0 Å². The van der Waals surface area contributed by atoms with Crippen LogP contribution in [0.5, 0.6) is 0 Å². The summed E-state index contributed by atoms with van der Waals surface area (Å²) >= 11 is 9.19. The van der Waals surface area contributed by atoms with Crippen molar-refractivity contribution in [3.05, 3.63) is 33.3 Å². The lowest BCUT2D eigenvalue weighted by Crippen LogP contribution is -2.44. The van der Waals surface area contributed by atoms with Crippen molar-refractivity contribution in [3.8, 4) is 0 Å². The van der Waals surface area contributed by atoms with Gasteiger partial charge in [0.2, 0.25) is 0 Å². The molecule has 0 spiro atoms. The van der Waals surface area contributed by atoms with Crippen molar-refractivity contribution in [1.82, 2.24) is 4.90 Å². The molecule has 0 aromatic heterocycles. The largest absolute Gasteiger partial charge is 0.481 e. The number of amides is 1. The molecule has 1 amide bonds. The molecule has 1 aromatic carbocycles. The van der Waals surface area contributed by atoms with E-state index < -0.39 is 17.9 Å². The highest BCUT2D eigenvalue weighted by Gasteiger charge is 2.38. The van der Waals surface area contributed by atoms with Crippen LogP contribution >= 0.6 is 27.5 Å². The van der Waals surface area contributed by atoms with Crippen LogP contribution < -0.4 is 0 Å². The molecule has 0 saturated carbocycles. The highest BCUT2D eigenvalue weighted by molar-refractivity contribution is 9.10. The van der Waals surface area contributed by atoms with E-state index in [2.05, 4.69) is 15.9 Å². The summed E-state index contributed by atoms with van der Waals surface area (Å²) in [6.07, 6.45) is 0. The molecule has 2 rings (SSSR count). The van der Waals surface area contributed by atoms with Crippen LogP contribution in [-0.2, 0) is 9.53 Å². The number of rotatable bonds is 3. The van der Waals surface area contributed by atoms with Crippen LogP contribution in [0.25, 0.3) is 0 Å². The minimum atomic E-state index is -0.961. The molecule has 1 fully saturated rings. The summed E-state index contributed by atoms with van der Waals surface area (Å²) in [6, 6.07) is 4.42. The first-order valence-electron chi connectivity index (χ1n) is 5.94. The first-order chi connectivity index (χ1) is 9.41. The Morgan fingerprint density at radius 2 is 2.15 bits per heavy atom. The smallest absolute Gasteiger partial charge is 0.311 e. The van der Waals surface area contributed by atoms with Gasteiger partial charge in [-0.2, -0.15) is 0 Å². The van der Waals surface area contributed by atoms with E-state index >= 15 is 0 Å². The van der Waals surface area contributed by atoms with E-state index in [4.69, 9.17) is 21.4 Å². The SMILES string of the molecule is CN(C(=O)c1cc(Cl)ccc1Br)C1COCC1C(=O)O. The highest BCUT2D eigenvalue weighted by Crippen LogP contribution is 2.25. The number of hydrogen-bond acceptors (Lipinski definition) is 3. The van der Waals surface area contributed by atoms with Gasteiger partial charge in [-0.3, -0.25) is 9.59 Å². The number of halogens is 2. The Bertz CT molecular complexity index is 551. The Labute approximate surface area is 129 Å². The summed E-state index contributed by atoms with van der Waals surface area (Å²) in [6.45, 7) is 0.339. The molecule has 108 valence electrons. The maximum absolute atomic E-state index is 12.5. The molecule has 0 aliphatic carbocycles. The molecular formula is C13H13BrClNO4. The molecule has 1 aromatic rings. The second-order valence-electron chi connectivity index (χ2n) is 4.59. The fourth-order valence-corrected chi connectivity index (χ4v) is 2.75. The maximum Gasteiger partial charge on any atom is 0.311 e. The lowest BCUT2D eigenvalue weighted by atomic mass is 10.0. The summed E-state index contributed by atoms with van der Waals surface area (Å²) in [5, 5.41) is 9.58. The minimum Gasteiger partial charge on any atom is -0.481 e. The summed E-state index contributed by atoms with van der Waals surface area (Å²) in [5.74, 6) is -1.96. The van der Waals surface area contributed by atoms with Gasteiger partial charge in [-0.25, -0.2) is 0 Å². The highest BCUT2D eigenvalue weighted by atomic mass is 79.9. The van der Waals surface area contributed by atoms with Gasteiger partial charge in [0.25, 0.3) is 5.91 Å². The molecule has 7 heteroatoms. The molecule has 1 heterocycles. The van der Waals surface area contributed by atoms with Crippen molar-refractivity contribution in [3.63, 3.8) is 0 Å². The van der Waals surface area contributed by atoms with Crippen LogP contribution in [0, 0.1) is 5.92 Å². The fraction of sp³-hybridized carbons (Fsp3) is 0.385. The fourth-order valence-electron chi connectivity index (χ4n) is 2.16. The van der Waals surface area contributed by atoms with Gasteiger partial charge in [-0.1, -0.05) is 11.6 Å². The molecule has 2 unspecified atom stereocenters. The Hall–Kier alpha value is -1.11. The standard InChI is InChI=1S/C13H13BrClNO4/c1-16(11-6-20-5-9(11)13(18)19)12(17)8-4-7(15)2-3-10(8)14/h2-4,9,11H,5-6H2,1H3,(H,18,19). The monoisotopic (exact) mass is 361 g/mol. The third-order valence-electron chi connectivity index (χ3n) is 3.34. The molecule has 2 atom stereocenters. The second kappa shape index (κ2) is 6.11. The lowest BCUT2D eigenvalue weighted by molar-refractivity contribution is -0.142. The molecular weight excluding hydrogens is 350 g/mol. The van der Waals surface area contributed by atoms with Gasteiger partial charge in [-0.05, 0) is 34.1 Å². The van der Waals surface area contributed by atoms with Crippen LogP contribution in [0.3, 0.4) is 0 Å². The third kappa shape index (κ3) is 2.97. The minimum absolute atomic E-state index is 0.119. The van der Waals surface area contributed by atoms with E-state index in [9.17, 15) is 9.59 Å². The van der Waals surface area contributed by atoms with Crippen LogP contribution in [0.2, 0.25) is 5.02 Å². The molecule has 1 saturated heterocycles. The number of carbonyl (C=O) groups is 2. The topological polar surface area (TPSA) is 66.8 Å². The maximum atomic E-state index is 12.5. The summed E-state index contributed by atoms with van der Waals surface area (Å²) in [5.41, 5.74) is 0.399. The van der Waals surface area contributed by atoms with Crippen molar-refractivity contribution in [2.45, 2.75) is 6.04 Å². The Kier molecular flexibility index (Phi) is 4.67. The number of likely N-dealkylation sites (N-methyl/N-ethyl adjacent to an activating group) is 1. The van der Waals surface area contributed by atoms with Gasteiger partial charge >= 0.3 is 5.97 Å². The van der Waals surface area contributed by atoms with Crippen molar-refractivity contribution < 1.29 is 19.4 Å². The zero-order valence-electron chi connectivity index (χ0n) is 10.7. The molecule has 1 aliphatic rings. The first kappa shape index (κ1) is 15.3. The molecule has 20 heavy (non-hydrogen) atoms. The normalized spacial score (nSPS) is 21.8. The van der Waals surface area contributed by atoms with Crippen molar-refractivity contribution >= 4 is 39.4 Å². The van der Waals surface area contributed by atoms with E-state index in [1.54, 1.807) is 25.2 Å². The number of hydrogen-bond donors (Lipinski definition) is 1. The van der Waals surface area contributed by atoms with Gasteiger partial charge in [0.1, 0.15) is 5.92 Å². The quantitative estimate of drug-likeness (QED) is 0.896. The van der Waals surface area contributed by atoms with Crippen LogP contribution in [0.4, 0.5) is 0 Å². The number of aliphatic carboxylic acids is 1. The van der Waals surface area contributed by atoms with Gasteiger partial charge in [0, 0.05) is 16.5 Å². The number of carboxylic acids is 1. The van der Waals surface area contributed by atoms with Crippen LogP contribution in [-0.4, -0.2) is 48.2 Å². The number of carboxylic acid groups (broad SMARTS) is 1.